The van der Waals surface area contributed by atoms with E-state index in [0.29, 0.717) is 27.5 Å². The summed E-state index contributed by atoms with van der Waals surface area (Å²) in [6, 6.07) is 7.46. The maximum Gasteiger partial charge on any atom is 0.230 e. The van der Waals surface area contributed by atoms with Crippen LogP contribution in [0.4, 0.5) is 0 Å². The Balaban J connectivity index is 1.86. The molecule has 0 saturated carbocycles. The van der Waals surface area contributed by atoms with E-state index < -0.39 is 0 Å². The lowest BCUT2D eigenvalue weighted by molar-refractivity contribution is -0.119. The van der Waals surface area contributed by atoms with E-state index >= 15 is 0 Å². The summed E-state index contributed by atoms with van der Waals surface area (Å²) < 4.78 is 1.37. The van der Waals surface area contributed by atoms with Crippen LogP contribution in [0.25, 0.3) is 11.4 Å². The molecule has 0 unspecified atom stereocenters. The van der Waals surface area contributed by atoms with Crippen LogP contribution in [-0.4, -0.2) is 32.6 Å². The molecule has 0 saturated heterocycles. The molecule has 3 N–H and O–H groups in total. The molecule has 1 atom stereocenters. The van der Waals surface area contributed by atoms with E-state index in [0.717, 1.165) is 12.8 Å². The van der Waals surface area contributed by atoms with Crippen molar-refractivity contribution in [2.45, 2.75) is 51.2 Å². The molecule has 6 nitrogen and oxygen atoms in total. The predicted octanol–water partition coefficient (Wildman–Crippen LogP) is 3.74. The van der Waals surface area contributed by atoms with Gasteiger partial charge < -0.3 is 11.2 Å². The van der Waals surface area contributed by atoms with E-state index in [2.05, 4.69) is 29.4 Å². The van der Waals surface area contributed by atoms with Gasteiger partial charge in [0.25, 0.3) is 0 Å². The smallest absolute Gasteiger partial charge is 0.230 e. The van der Waals surface area contributed by atoms with Gasteiger partial charge in [0, 0.05) is 11.6 Å². The van der Waals surface area contributed by atoms with Crippen molar-refractivity contribution in [3.63, 3.8) is 0 Å². The molecule has 26 heavy (non-hydrogen) atoms. The molecular weight excluding hydrogens is 370 g/mol. The van der Waals surface area contributed by atoms with Crippen LogP contribution >= 0.6 is 23.4 Å². The zero-order chi connectivity index (χ0) is 19.1. The van der Waals surface area contributed by atoms with Gasteiger partial charge in [-0.2, -0.15) is 0 Å². The second-order valence-corrected chi connectivity index (χ2v) is 8.09. The third-order valence-electron chi connectivity index (χ3n) is 3.94. The molecule has 0 aliphatic heterocycles. The first-order chi connectivity index (χ1) is 12.4. The number of nitrogens with two attached hydrogens (primary N) is 1. The molecule has 1 heterocycles. The molecule has 2 aromatic rings. The number of nitrogens with zero attached hydrogens (tertiary/aromatic N) is 3. The number of nitrogens with one attached hydrogen (secondary N) is 1. The number of amides is 1. The minimum Gasteiger partial charge on any atom is -0.353 e. The fraction of sp³-hybridized carbons (Fsp3) is 0.500. The molecular formula is C18H26ClN5OS. The topological polar surface area (TPSA) is 85.8 Å². The monoisotopic (exact) mass is 395 g/mol. The highest BCUT2D eigenvalue weighted by atomic mass is 35.5. The number of hydrogen-bond donors (Lipinski definition) is 2. The quantitative estimate of drug-likeness (QED) is 0.499. The van der Waals surface area contributed by atoms with E-state index in [1.54, 1.807) is 6.07 Å². The predicted molar refractivity (Wildman–Crippen MR) is 108 cm³/mol. The minimum atomic E-state index is -0.0330. The Kier molecular flexibility index (Phi) is 7.78. The molecule has 1 aromatic heterocycles. The summed E-state index contributed by atoms with van der Waals surface area (Å²) in [6.45, 7) is 6.45. The van der Waals surface area contributed by atoms with Crippen molar-refractivity contribution >= 4 is 29.3 Å². The number of carbonyl (C=O) groups excluding carboxylic acids is 1. The summed E-state index contributed by atoms with van der Waals surface area (Å²) in [5.74, 6) is 7.44. The van der Waals surface area contributed by atoms with Crippen LogP contribution < -0.4 is 11.2 Å². The second-order valence-electron chi connectivity index (χ2n) is 6.74. The van der Waals surface area contributed by atoms with Crippen LogP contribution in [0.2, 0.25) is 5.02 Å². The average Bonchev–Trinajstić information content (AvgIpc) is 2.93. The third kappa shape index (κ3) is 5.92. The van der Waals surface area contributed by atoms with E-state index in [4.69, 9.17) is 17.4 Å². The Morgan fingerprint density at radius 1 is 1.27 bits per heavy atom. The summed E-state index contributed by atoms with van der Waals surface area (Å²) in [7, 11) is 0. The van der Waals surface area contributed by atoms with Gasteiger partial charge in [-0.1, -0.05) is 62.2 Å². The fourth-order valence-corrected chi connectivity index (χ4v) is 3.44. The number of carbonyl (C=O) groups is 1. The lowest BCUT2D eigenvalue weighted by Gasteiger charge is -2.14. The van der Waals surface area contributed by atoms with Gasteiger partial charge in [-0.05, 0) is 31.4 Å². The lowest BCUT2D eigenvalue weighted by atomic mass is 10.0. The summed E-state index contributed by atoms with van der Waals surface area (Å²) in [6.07, 6.45) is 3.28. The van der Waals surface area contributed by atoms with Crippen LogP contribution in [-0.2, 0) is 4.79 Å². The Labute approximate surface area is 163 Å². The molecule has 8 heteroatoms. The first kappa shape index (κ1) is 20.6. The molecule has 0 bridgehead atoms. The lowest BCUT2D eigenvalue weighted by Crippen LogP contribution is -2.34. The van der Waals surface area contributed by atoms with Crippen molar-refractivity contribution in [3.8, 4) is 11.4 Å². The number of rotatable bonds is 9. The first-order valence-electron chi connectivity index (χ1n) is 8.76. The molecule has 142 valence electrons. The Morgan fingerprint density at radius 2 is 2.00 bits per heavy atom. The first-order valence-corrected chi connectivity index (χ1v) is 10.1. The van der Waals surface area contributed by atoms with Gasteiger partial charge in [0.2, 0.25) is 11.1 Å². The van der Waals surface area contributed by atoms with Crippen molar-refractivity contribution in [2.75, 3.05) is 11.6 Å². The van der Waals surface area contributed by atoms with Gasteiger partial charge in [0.1, 0.15) is 0 Å². The Hall–Kier alpha value is -1.73. The number of halogens is 1. The molecule has 0 aliphatic rings. The fourth-order valence-electron chi connectivity index (χ4n) is 2.55. The number of aromatic nitrogens is 3. The van der Waals surface area contributed by atoms with Crippen molar-refractivity contribution in [2.24, 2.45) is 5.92 Å². The SMILES string of the molecule is CC(C)CCC[C@H](C)NC(=O)CSc1nnc(-c2ccccc2Cl)n1N. The van der Waals surface area contributed by atoms with E-state index in [1.165, 1.54) is 22.9 Å². The van der Waals surface area contributed by atoms with E-state index in [1.807, 2.05) is 25.1 Å². The summed E-state index contributed by atoms with van der Waals surface area (Å²) in [5, 5.41) is 12.2. The zero-order valence-corrected chi connectivity index (χ0v) is 17.0. The standard InChI is InChI=1S/C18H26ClN5OS/c1-12(2)7-6-8-13(3)21-16(25)11-26-18-23-22-17(24(18)20)14-9-4-5-10-15(14)19/h4-5,9-10,12-13H,6-8,11,20H2,1-3H3,(H,21,25)/t13-/m0/s1. The third-order valence-corrected chi connectivity index (χ3v) is 5.21. The normalized spacial score (nSPS) is 12.3. The number of benzene rings is 1. The molecule has 1 amide bonds. The van der Waals surface area contributed by atoms with Gasteiger partial charge >= 0.3 is 0 Å². The maximum atomic E-state index is 12.1. The number of thioether (sulfide) groups is 1. The molecule has 1 aromatic carbocycles. The van der Waals surface area contributed by atoms with Crippen LogP contribution in [0.3, 0.4) is 0 Å². The molecule has 2 rings (SSSR count). The van der Waals surface area contributed by atoms with Crippen LogP contribution in [0.15, 0.2) is 29.4 Å². The average molecular weight is 396 g/mol. The number of nitrogen functional groups attached to an aromatic ring is 1. The largest absolute Gasteiger partial charge is 0.353 e. The van der Waals surface area contributed by atoms with Crippen molar-refractivity contribution in [1.29, 1.82) is 0 Å². The van der Waals surface area contributed by atoms with Gasteiger partial charge in [0.05, 0.1) is 10.8 Å². The van der Waals surface area contributed by atoms with Crippen molar-refractivity contribution < 1.29 is 4.79 Å². The number of hydrogen-bond acceptors (Lipinski definition) is 5. The highest BCUT2D eigenvalue weighted by molar-refractivity contribution is 7.99. The van der Waals surface area contributed by atoms with Crippen LogP contribution in [0, 0.1) is 5.92 Å². The minimum absolute atomic E-state index is 0.0330. The maximum absolute atomic E-state index is 12.1. The second kappa shape index (κ2) is 9.83. The van der Waals surface area contributed by atoms with Gasteiger partial charge in [-0.25, -0.2) is 4.68 Å². The van der Waals surface area contributed by atoms with E-state index in [9.17, 15) is 4.79 Å². The van der Waals surface area contributed by atoms with Crippen molar-refractivity contribution in [1.82, 2.24) is 20.2 Å². The highest BCUT2D eigenvalue weighted by Crippen LogP contribution is 2.27. The molecule has 0 spiro atoms. The molecule has 0 aliphatic carbocycles. The van der Waals surface area contributed by atoms with E-state index in [-0.39, 0.29) is 17.7 Å². The Bertz CT molecular complexity index is 734. The summed E-state index contributed by atoms with van der Waals surface area (Å²) >= 11 is 7.43. The van der Waals surface area contributed by atoms with Crippen LogP contribution in [0.1, 0.15) is 40.0 Å². The Morgan fingerprint density at radius 3 is 2.69 bits per heavy atom. The molecule has 0 radical (unpaired) electrons. The summed E-state index contributed by atoms with van der Waals surface area (Å²) in [4.78, 5) is 12.1. The van der Waals surface area contributed by atoms with Gasteiger partial charge in [-0.3, -0.25) is 4.79 Å². The van der Waals surface area contributed by atoms with Crippen molar-refractivity contribution in [3.05, 3.63) is 29.3 Å². The zero-order valence-electron chi connectivity index (χ0n) is 15.4. The molecule has 0 fully saturated rings. The van der Waals surface area contributed by atoms with Crippen LogP contribution in [0.5, 0.6) is 0 Å². The van der Waals surface area contributed by atoms with Gasteiger partial charge in [-0.15, -0.1) is 10.2 Å². The highest BCUT2D eigenvalue weighted by Gasteiger charge is 2.16. The summed E-state index contributed by atoms with van der Waals surface area (Å²) in [5.41, 5.74) is 0.708. The van der Waals surface area contributed by atoms with Gasteiger partial charge in [0.15, 0.2) is 5.82 Å².